The van der Waals surface area contributed by atoms with Crippen LogP contribution in [0.5, 0.6) is 0 Å². The van der Waals surface area contributed by atoms with Gasteiger partial charge in [-0.1, -0.05) is 42.5 Å². The van der Waals surface area contributed by atoms with Gasteiger partial charge < -0.3 is 15.0 Å². The number of benzene rings is 1. The molecular weight excluding hydrogens is 352 g/mol. The molecule has 0 radical (unpaired) electrons. The molecule has 2 heterocycles. The second-order valence-electron chi connectivity index (χ2n) is 6.79. The van der Waals surface area contributed by atoms with Gasteiger partial charge in [0, 0.05) is 58.8 Å². The van der Waals surface area contributed by atoms with Gasteiger partial charge in [-0.15, -0.1) is 0 Å². The average molecular weight is 380 g/mol. The van der Waals surface area contributed by atoms with Gasteiger partial charge in [-0.3, -0.25) is 14.7 Å². The molecule has 0 bridgehead atoms. The summed E-state index contributed by atoms with van der Waals surface area (Å²) in [7, 11) is 1.66. The number of pyridine rings is 1. The quantitative estimate of drug-likeness (QED) is 0.714. The van der Waals surface area contributed by atoms with Crippen molar-refractivity contribution in [2.24, 2.45) is 0 Å². The summed E-state index contributed by atoms with van der Waals surface area (Å²) in [5.74, 6) is 0.0439. The van der Waals surface area contributed by atoms with Crippen molar-refractivity contribution in [2.75, 3.05) is 58.3 Å². The minimum absolute atomic E-state index is 0.0439. The zero-order valence-electron chi connectivity index (χ0n) is 16.4. The molecule has 1 aliphatic rings. The molecule has 1 amide bonds. The van der Waals surface area contributed by atoms with Crippen molar-refractivity contribution in [1.82, 2.24) is 14.8 Å². The Morgan fingerprint density at radius 1 is 1.18 bits per heavy atom. The van der Waals surface area contributed by atoms with Crippen LogP contribution in [0.25, 0.3) is 6.08 Å². The molecule has 1 saturated heterocycles. The van der Waals surface area contributed by atoms with E-state index in [0.29, 0.717) is 18.7 Å². The number of hydrogen-bond donors (Lipinski definition) is 1. The first-order valence-electron chi connectivity index (χ1n) is 9.67. The third kappa shape index (κ3) is 5.90. The number of ether oxygens (including phenoxy) is 1. The number of carbonyl (C=O) groups excluding carboxylic acids is 1. The van der Waals surface area contributed by atoms with E-state index in [0.717, 1.165) is 38.4 Å². The Bertz CT molecular complexity index is 771. The number of piperazine rings is 1. The predicted molar refractivity (Wildman–Crippen MR) is 112 cm³/mol. The Balaban J connectivity index is 1.47. The highest BCUT2D eigenvalue weighted by atomic mass is 16.5. The van der Waals surface area contributed by atoms with E-state index < -0.39 is 0 Å². The van der Waals surface area contributed by atoms with Crippen molar-refractivity contribution < 1.29 is 9.53 Å². The standard InChI is InChI=1S/C22H28N4O2/c1-28-15-9-24-21-16-20(17-23-18-21)22(27)26-13-11-25(12-14-26)10-5-8-19-6-3-2-4-7-19/h2-8,16-18,24H,9-15H2,1H3/b8-5+. The van der Waals surface area contributed by atoms with E-state index in [9.17, 15) is 4.79 Å². The molecule has 148 valence electrons. The summed E-state index contributed by atoms with van der Waals surface area (Å²) in [4.78, 5) is 21.3. The molecule has 1 N–H and O–H groups in total. The summed E-state index contributed by atoms with van der Waals surface area (Å²) in [5.41, 5.74) is 2.68. The molecule has 28 heavy (non-hydrogen) atoms. The van der Waals surface area contributed by atoms with Crippen LogP contribution in [0.3, 0.4) is 0 Å². The number of anilines is 1. The summed E-state index contributed by atoms with van der Waals surface area (Å²) in [5, 5.41) is 3.21. The lowest BCUT2D eigenvalue weighted by atomic mass is 10.2. The molecular formula is C22H28N4O2. The summed E-state index contributed by atoms with van der Waals surface area (Å²) in [6.07, 6.45) is 7.69. The van der Waals surface area contributed by atoms with E-state index in [1.165, 1.54) is 5.56 Å². The van der Waals surface area contributed by atoms with Crippen molar-refractivity contribution >= 4 is 17.7 Å². The van der Waals surface area contributed by atoms with Gasteiger partial charge >= 0.3 is 0 Å². The van der Waals surface area contributed by atoms with Crippen LogP contribution in [0.4, 0.5) is 5.69 Å². The highest BCUT2D eigenvalue weighted by Gasteiger charge is 2.21. The topological polar surface area (TPSA) is 57.7 Å². The second-order valence-corrected chi connectivity index (χ2v) is 6.79. The van der Waals surface area contributed by atoms with E-state index in [1.54, 1.807) is 19.5 Å². The first kappa shape index (κ1) is 20.0. The monoisotopic (exact) mass is 380 g/mol. The average Bonchev–Trinajstić information content (AvgIpc) is 2.75. The van der Waals surface area contributed by atoms with Gasteiger partial charge in [0.2, 0.25) is 0 Å². The molecule has 6 heteroatoms. The van der Waals surface area contributed by atoms with Crippen molar-refractivity contribution in [3.63, 3.8) is 0 Å². The normalized spacial score (nSPS) is 15.1. The molecule has 2 aromatic rings. The van der Waals surface area contributed by atoms with Gasteiger partial charge in [0.15, 0.2) is 0 Å². The summed E-state index contributed by atoms with van der Waals surface area (Å²) < 4.78 is 5.03. The molecule has 0 spiro atoms. The molecule has 1 fully saturated rings. The van der Waals surface area contributed by atoms with Gasteiger partial charge in [-0.05, 0) is 11.6 Å². The van der Waals surface area contributed by atoms with Crippen molar-refractivity contribution in [3.8, 4) is 0 Å². The van der Waals surface area contributed by atoms with Crippen molar-refractivity contribution in [2.45, 2.75) is 0 Å². The van der Waals surface area contributed by atoms with E-state index in [-0.39, 0.29) is 5.91 Å². The molecule has 0 unspecified atom stereocenters. The van der Waals surface area contributed by atoms with Crippen LogP contribution >= 0.6 is 0 Å². The van der Waals surface area contributed by atoms with Crippen LogP contribution in [-0.2, 0) is 4.74 Å². The zero-order valence-corrected chi connectivity index (χ0v) is 16.4. The van der Waals surface area contributed by atoms with Crippen LogP contribution < -0.4 is 5.32 Å². The lowest BCUT2D eigenvalue weighted by Gasteiger charge is -2.34. The SMILES string of the molecule is COCCNc1cncc(C(=O)N2CCN(C/C=C/c3ccccc3)CC2)c1. The number of aromatic nitrogens is 1. The first-order chi connectivity index (χ1) is 13.8. The van der Waals surface area contributed by atoms with E-state index in [1.807, 2.05) is 29.2 Å². The largest absolute Gasteiger partial charge is 0.383 e. The summed E-state index contributed by atoms with van der Waals surface area (Å²) in [6, 6.07) is 12.2. The maximum atomic E-state index is 12.8. The number of hydrogen-bond acceptors (Lipinski definition) is 5. The second kappa shape index (κ2) is 10.6. The van der Waals surface area contributed by atoms with Crippen LogP contribution in [0.1, 0.15) is 15.9 Å². The van der Waals surface area contributed by atoms with Crippen molar-refractivity contribution in [1.29, 1.82) is 0 Å². The lowest BCUT2D eigenvalue weighted by molar-refractivity contribution is 0.0650. The third-order valence-electron chi connectivity index (χ3n) is 4.75. The fraction of sp³-hybridized carbons (Fsp3) is 0.364. The molecule has 6 nitrogen and oxygen atoms in total. The van der Waals surface area contributed by atoms with Crippen LogP contribution in [0, 0.1) is 0 Å². The van der Waals surface area contributed by atoms with Gasteiger partial charge in [-0.25, -0.2) is 0 Å². The Morgan fingerprint density at radius 2 is 1.96 bits per heavy atom. The number of amides is 1. The lowest BCUT2D eigenvalue weighted by Crippen LogP contribution is -2.48. The third-order valence-corrected chi connectivity index (χ3v) is 4.75. The smallest absolute Gasteiger partial charge is 0.255 e. The Labute approximate surface area is 166 Å². The first-order valence-corrected chi connectivity index (χ1v) is 9.67. The minimum atomic E-state index is 0.0439. The number of nitrogens with zero attached hydrogens (tertiary/aromatic N) is 3. The van der Waals surface area contributed by atoms with Crippen molar-refractivity contribution in [3.05, 3.63) is 66.0 Å². The number of methoxy groups -OCH3 is 1. The maximum absolute atomic E-state index is 12.8. The fourth-order valence-corrected chi connectivity index (χ4v) is 3.17. The molecule has 0 aliphatic carbocycles. The van der Waals surface area contributed by atoms with E-state index in [2.05, 4.69) is 39.5 Å². The number of nitrogens with one attached hydrogen (secondary N) is 1. The Hall–Kier alpha value is -2.70. The Kier molecular flexibility index (Phi) is 7.58. The number of carbonyl (C=O) groups is 1. The molecule has 0 saturated carbocycles. The maximum Gasteiger partial charge on any atom is 0.255 e. The Morgan fingerprint density at radius 3 is 2.71 bits per heavy atom. The zero-order chi connectivity index (χ0) is 19.6. The van der Waals surface area contributed by atoms with E-state index in [4.69, 9.17) is 4.74 Å². The molecule has 3 rings (SSSR count). The van der Waals surface area contributed by atoms with E-state index >= 15 is 0 Å². The highest BCUT2D eigenvalue weighted by Crippen LogP contribution is 2.13. The molecule has 1 aromatic heterocycles. The summed E-state index contributed by atoms with van der Waals surface area (Å²) >= 11 is 0. The van der Waals surface area contributed by atoms with Gasteiger partial charge in [0.25, 0.3) is 5.91 Å². The molecule has 1 aliphatic heterocycles. The van der Waals surface area contributed by atoms with Crippen LogP contribution in [0.15, 0.2) is 54.9 Å². The van der Waals surface area contributed by atoms with Gasteiger partial charge in [0.1, 0.15) is 0 Å². The van der Waals surface area contributed by atoms with Crippen LogP contribution in [-0.4, -0.2) is 73.7 Å². The minimum Gasteiger partial charge on any atom is -0.383 e. The van der Waals surface area contributed by atoms with Crippen LogP contribution in [0.2, 0.25) is 0 Å². The molecule has 1 aromatic carbocycles. The molecule has 0 atom stereocenters. The highest BCUT2D eigenvalue weighted by molar-refractivity contribution is 5.94. The van der Waals surface area contributed by atoms with Gasteiger partial charge in [-0.2, -0.15) is 0 Å². The fourth-order valence-electron chi connectivity index (χ4n) is 3.17. The summed E-state index contributed by atoms with van der Waals surface area (Å²) in [6.45, 7) is 5.42. The van der Waals surface area contributed by atoms with Gasteiger partial charge in [0.05, 0.1) is 17.9 Å². The number of rotatable bonds is 8. The predicted octanol–water partition coefficient (Wildman–Crippen LogP) is 2.61.